The Bertz CT molecular complexity index is 681. The molecule has 0 radical (unpaired) electrons. The Morgan fingerprint density at radius 1 is 1.17 bits per heavy atom. The van der Waals surface area contributed by atoms with Gasteiger partial charge in [-0.25, -0.2) is 4.39 Å². The van der Waals surface area contributed by atoms with Crippen molar-refractivity contribution in [3.8, 4) is 0 Å². The molecule has 2 aromatic rings. The number of amides is 1. The van der Waals surface area contributed by atoms with Crippen LogP contribution in [-0.2, 0) is 4.79 Å². The van der Waals surface area contributed by atoms with E-state index in [4.69, 9.17) is 5.11 Å². The van der Waals surface area contributed by atoms with Crippen LogP contribution in [0.4, 0.5) is 4.39 Å². The summed E-state index contributed by atoms with van der Waals surface area (Å²) in [5, 5.41) is 12.1. The van der Waals surface area contributed by atoms with Gasteiger partial charge in [0.15, 0.2) is 0 Å². The Morgan fingerprint density at radius 3 is 2.46 bits per heavy atom. The number of halogens is 1. The molecule has 1 atom stereocenters. The molecule has 0 bridgehead atoms. The predicted octanol–water partition coefficient (Wildman–Crippen LogP) is 3.86. The fraction of sp³-hybridized carbons (Fsp3) is 0.250. The van der Waals surface area contributed by atoms with Crippen LogP contribution in [0.3, 0.4) is 0 Å². The van der Waals surface area contributed by atoms with Gasteiger partial charge in [0.1, 0.15) is 5.82 Å². The zero-order chi connectivity index (χ0) is 17.4. The average Bonchev–Trinajstić information content (AvgIpc) is 2.61. The van der Waals surface area contributed by atoms with Gasteiger partial charge in [-0.1, -0.05) is 42.5 Å². The molecule has 0 aliphatic heterocycles. The third-order valence-corrected chi connectivity index (χ3v) is 3.77. The van der Waals surface area contributed by atoms with Gasteiger partial charge in [-0.2, -0.15) is 0 Å². The maximum absolute atomic E-state index is 12.9. The SMILES string of the molecule is C/C(=C/c1ccc(F)cc1)C(=O)NC(CCCO)c1ccccc1. The molecule has 0 saturated carbocycles. The lowest BCUT2D eigenvalue weighted by atomic mass is 10.0. The van der Waals surface area contributed by atoms with E-state index in [1.165, 1.54) is 12.1 Å². The van der Waals surface area contributed by atoms with Gasteiger partial charge in [0.05, 0.1) is 6.04 Å². The van der Waals surface area contributed by atoms with E-state index in [-0.39, 0.29) is 24.4 Å². The molecule has 126 valence electrons. The summed E-state index contributed by atoms with van der Waals surface area (Å²) in [6.45, 7) is 1.82. The molecule has 0 saturated heterocycles. The van der Waals surface area contributed by atoms with Crippen molar-refractivity contribution in [2.45, 2.75) is 25.8 Å². The predicted molar refractivity (Wildman–Crippen MR) is 93.7 cm³/mol. The standard InChI is InChI=1S/C20H22FNO2/c1-15(14-16-9-11-18(21)12-10-16)20(24)22-19(8-5-13-23)17-6-3-2-4-7-17/h2-4,6-7,9-12,14,19,23H,5,8,13H2,1H3,(H,22,24)/b15-14-. The minimum absolute atomic E-state index is 0.0869. The third kappa shape index (κ3) is 5.32. The van der Waals surface area contributed by atoms with Gasteiger partial charge >= 0.3 is 0 Å². The van der Waals surface area contributed by atoms with Crippen molar-refractivity contribution in [2.24, 2.45) is 0 Å². The van der Waals surface area contributed by atoms with E-state index < -0.39 is 0 Å². The summed E-state index contributed by atoms with van der Waals surface area (Å²) in [4.78, 5) is 12.4. The number of hydrogen-bond donors (Lipinski definition) is 2. The zero-order valence-corrected chi connectivity index (χ0v) is 13.7. The first-order valence-corrected chi connectivity index (χ1v) is 8.00. The van der Waals surface area contributed by atoms with Crippen molar-refractivity contribution >= 4 is 12.0 Å². The van der Waals surface area contributed by atoms with Crippen LogP contribution in [-0.4, -0.2) is 17.6 Å². The fourth-order valence-electron chi connectivity index (χ4n) is 2.45. The highest BCUT2D eigenvalue weighted by molar-refractivity contribution is 5.97. The molecule has 2 N–H and O–H groups in total. The van der Waals surface area contributed by atoms with Crippen LogP contribution >= 0.6 is 0 Å². The highest BCUT2D eigenvalue weighted by Gasteiger charge is 2.15. The zero-order valence-electron chi connectivity index (χ0n) is 13.7. The van der Waals surface area contributed by atoms with Crippen LogP contribution in [0.25, 0.3) is 6.08 Å². The molecule has 1 unspecified atom stereocenters. The van der Waals surface area contributed by atoms with E-state index in [1.807, 2.05) is 30.3 Å². The molecule has 0 aromatic heterocycles. The van der Waals surface area contributed by atoms with Crippen molar-refractivity contribution in [2.75, 3.05) is 6.61 Å². The summed E-state index contributed by atoms with van der Waals surface area (Å²) in [5.74, 6) is -0.478. The van der Waals surface area contributed by atoms with Gasteiger partial charge in [0.2, 0.25) is 5.91 Å². The number of carbonyl (C=O) groups is 1. The van der Waals surface area contributed by atoms with Crippen molar-refractivity contribution in [3.05, 3.63) is 77.1 Å². The lowest BCUT2D eigenvalue weighted by molar-refractivity contribution is -0.118. The van der Waals surface area contributed by atoms with Gasteiger partial charge in [0, 0.05) is 12.2 Å². The summed E-state index contributed by atoms with van der Waals surface area (Å²) in [6, 6.07) is 15.5. The molecular weight excluding hydrogens is 305 g/mol. The summed E-state index contributed by atoms with van der Waals surface area (Å²) in [5.41, 5.74) is 2.33. The maximum Gasteiger partial charge on any atom is 0.247 e. The highest BCUT2D eigenvalue weighted by atomic mass is 19.1. The molecule has 2 rings (SSSR count). The molecule has 1 amide bonds. The van der Waals surface area contributed by atoms with Gasteiger partial charge in [0.25, 0.3) is 0 Å². The molecule has 24 heavy (non-hydrogen) atoms. The highest BCUT2D eigenvalue weighted by Crippen LogP contribution is 2.19. The number of aliphatic hydroxyl groups is 1. The van der Waals surface area contributed by atoms with E-state index in [2.05, 4.69) is 5.32 Å². The Morgan fingerprint density at radius 2 is 1.83 bits per heavy atom. The van der Waals surface area contributed by atoms with E-state index in [0.29, 0.717) is 18.4 Å². The van der Waals surface area contributed by atoms with Crippen molar-refractivity contribution < 1.29 is 14.3 Å². The topological polar surface area (TPSA) is 49.3 Å². The molecule has 0 aliphatic carbocycles. The first-order chi connectivity index (χ1) is 11.6. The normalized spacial score (nSPS) is 12.7. The first kappa shape index (κ1) is 17.9. The number of benzene rings is 2. The first-order valence-electron chi connectivity index (χ1n) is 8.00. The second kappa shape index (κ2) is 8.99. The Labute approximate surface area is 141 Å². The average molecular weight is 327 g/mol. The van der Waals surface area contributed by atoms with Crippen LogP contribution < -0.4 is 5.32 Å². The Hall–Kier alpha value is -2.46. The summed E-state index contributed by atoms with van der Waals surface area (Å²) < 4.78 is 12.9. The molecule has 0 aliphatic rings. The largest absolute Gasteiger partial charge is 0.396 e. The molecule has 3 nitrogen and oxygen atoms in total. The monoisotopic (exact) mass is 327 g/mol. The number of nitrogens with one attached hydrogen (secondary N) is 1. The molecule has 4 heteroatoms. The van der Waals surface area contributed by atoms with Crippen LogP contribution in [0, 0.1) is 5.82 Å². The second-order valence-electron chi connectivity index (χ2n) is 5.68. The van der Waals surface area contributed by atoms with Crippen molar-refractivity contribution in [1.82, 2.24) is 5.32 Å². The lowest BCUT2D eigenvalue weighted by Crippen LogP contribution is -2.29. The van der Waals surface area contributed by atoms with E-state index in [9.17, 15) is 9.18 Å². The third-order valence-electron chi connectivity index (χ3n) is 3.77. The van der Waals surface area contributed by atoms with Crippen LogP contribution in [0.2, 0.25) is 0 Å². The molecule has 2 aromatic carbocycles. The van der Waals surface area contributed by atoms with E-state index >= 15 is 0 Å². The number of rotatable bonds is 7. The van der Waals surface area contributed by atoms with E-state index in [1.54, 1.807) is 25.1 Å². The Balaban J connectivity index is 2.10. The van der Waals surface area contributed by atoms with Crippen molar-refractivity contribution in [1.29, 1.82) is 0 Å². The summed E-state index contributed by atoms with van der Waals surface area (Å²) in [7, 11) is 0. The minimum atomic E-state index is -0.303. The molecule has 0 fully saturated rings. The van der Waals surface area contributed by atoms with Gasteiger partial charge < -0.3 is 10.4 Å². The number of carbonyl (C=O) groups excluding carboxylic acids is 1. The van der Waals surface area contributed by atoms with Crippen LogP contribution in [0.1, 0.15) is 36.9 Å². The van der Waals surface area contributed by atoms with E-state index in [0.717, 1.165) is 11.1 Å². The quantitative estimate of drug-likeness (QED) is 0.759. The van der Waals surface area contributed by atoms with Gasteiger partial charge in [-0.05, 0) is 49.1 Å². The van der Waals surface area contributed by atoms with Crippen LogP contribution in [0.5, 0.6) is 0 Å². The smallest absolute Gasteiger partial charge is 0.247 e. The lowest BCUT2D eigenvalue weighted by Gasteiger charge is -2.19. The second-order valence-corrected chi connectivity index (χ2v) is 5.68. The molecular formula is C20H22FNO2. The van der Waals surface area contributed by atoms with Crippen LogP contribution in [0.15, 0.2) is 60.2 Å². The molecule has 0 spiro atoms. The van der Waals surface area contributed by atoms with Crippen molar-refractivity contribution in [3.63, 3.8) is 0 Å². The summed E-state index contributed by atoms with van der Waals surface area (Å²) >= 11 is 0. The van der Waals surface area contributed by atoms with Gasteiger partial charge in [-0.3, -0.25) is 4.79 Å². The number of aliphatic hydroxyl groups excluding tert-OH is 1. The minimum Gasteiger partial charge on any atom is -0.396 e. The molecule has 0 heterocycles. The maximum atomic E-state index is 12.9. The fourth-order valence-corrected chi connectivity index (χ4v) is 2.45. The van der Waals surface area contributed by atoms with Gasteiger partial charge in [-0.15, -0.1) is 0 Å². The Kier molecular flexibility index (Phi) is 6.70. The number of hydrogen-bond acceptors (Lipinski definition) is 2. The summed E-state index contributed by atoms with van der Waals surface area (Å²) in [6.07, 6.45) is 3.00.